The fourth-order valence-electron chi connectivity index (χ4n) is 3.37. The van der Waals surface area contributed by atoms with Crippen molar-refractivity contribution in [3.8, 4) is 0 Å². The summed E-state index contributed by atoms with van der Waals surface area (Å²) in [4.78, 5) is 25.1. The largest absolute Gasteiger partial charge is 0.309 e. The molecule has 2 heterocycles. The first-order valence-electron chi connectivity index (χ1n) is 8.76. The molecule has 0 radical (unpaired) electrons. The van der Waals surface area contributed by atoms with Crippen LogP contribution in [0.15, 0.2) is 4.79 Å². The van der Waals surface area contributed by atoms with Gasteiger partial charge in [-0.05, 0) is 57.7 Å². The van der Waals surface area contributed by atoms with Gasteiger partial charge in [0.05, 0.1) is 11.4 Å². The van der Waals surface area contributed by atoms with Gasteiger partial charge in [0.25, 0.3) is 5.56 Å². The molecule has 0 saturated heterocycles. The summed E-state index contributed by atoms with van der Waals surface area (Å²) in [6.45, 7) is 7.64. The van der Waals surface area contributed by atoms with Gasteiger partial charge in [0.15, 0.2) is 0 Å². The lowest BCUT2D eigenvalue weighted by molar-refractivity contribution is 0.248. The van der Waals surface area contributed by atoms with Gasteiger partial charge in [0, 0.05) is 4.88 Å². The van der Waals surface area contributed by atoms with Crippen molar-refractivity contribution in [3.05, 3.63) is 26.6 Å². The molecule has 1 aliphatic rings. The van der Waals surface area contributed by atoms with Crippen molar-refractivity contribution >= 4 is 21.6 Å². The van der Waals surface area contributed by atoms with Crippen LogP contribution in [0.2, 0.25) is 0 Å². The second-order valence-corrected chi connectivity index (χ2v) is 8.08. The van der Waals surface area contributed by atoms with Crippen LogP contribution in [0.4, 0.5) is 0 Å². The third-order valence-corrected chi connectivity index (χ3v) is 6.25. The molecule has 1 aliphatic carbocycles. The maximum atomic E-state index is 12.6. The van der Waals surface area contributed by atoms with Gasteiger partial charge in [-0.2, -0.15) is 0 Å². The number of H-pyrrole nitrogens is 1. The Morgan fingerprint density at radius 3 is 3.00 bits per heavy atom. The topological polar surface area (TPSA) is 49.0 Å². The second-order valence-electron chi connectivity index (χ2n) is 6.99. The SMILES string of the molecule is CCCCN(C)C(C)c1nc2sc3c(c2c(=O)[nH]1)CCC(C)C3. The Morgan fingerprint density at radius 2 is 2.26 bits per heavy atom. The molecule has 0 aliphatic heterocycles. The predicted molar refractivity (Wildman–Crippen MR) is 97.4 cm³/mol. The van der Waals surface area contributed by atoms with E-state index >= 15 is 0 Å². The first kappa shape index (κ1) is 16.7. The minimum Gasteiger partial charge on any atom is -0.309 e. The Hall–Kier alpha value is -1.20. The molecule has 0 bridgehead atoms. The lowest BCUT2D eigenvalue weighted by Crippen LogP contribution is -2.27. The smallest absolute Gasteiger partial charge is 0.259 e. The van der Waals surface area contributed by atoms with Crippen molar-refractivity contribution < 1.29 is 0 Å². The summed E-state index contributed by atoms with van der Waals surface area (Å²) in [6.07, 6.45) is 5.63. The highest BCUT2D eigenvalue weighted by Gasteiger charge is 2.24. The number of hydrogen-bond donors (Lipinski definition) is 1. The number of thiophene rings is 1. The molecule has 23 heavy (non-hydrogen) atoms. The number of nitrogens with one attached hydrogen (secondary N) is 1. The fraction of sp³-hybridized carbons (Fsp3) is 0.667. The molecule has 5 heteroatoms. The molecule has 0 amide bonds. The Morgan fingerprint density at radius 1 is 1.48 bits per heavy atom. The van der Waals surface area contributed by atoms with E-state index < -0.39 is 0 Å². The highest BCUT2D eigenvalue weighted by atomic mass is 32.1. The zero-order valence-electron chi connectivity index (χ0n) is 14.6. The molecule has 0 saturated carbocycles. The van der Waals surface area contributed by atoms with Gasteiger partial charge in [-0.15, -0.1) is 11.3 Å². The highest BCUT2D eigenvalue weighted by Crippen LogP contribution is 2.36. The van der Waals surface area contributed by atoms with Gasteiger partial charge in [-0.25, -0.2) is 4.98 Å². The summed E-state index contributed by atoms with van der Waals surface area (Å²) in [5.41, 5.74) is 1.31. The zero-order chi connectivity index (χ0) is 16.6. The molecule has 0 spiro atoms. The van der Waals surface area contributed by atoms with E-state index in [4.69, 9.17) is 4.98 Å². The molecule has 0 aromatic carbocycles. The van der Waals surface area contributed by atoms with E-state index in [1.54, 1.807) is 11.3 Å². The van der Waals surface area contributed by atoms with Crippen molar-refractivity contribution in [1.29, 1.82) is 0 Å². The van der Waals surface area contributed by atoms with Crippen LogP contribution >= 0.6 is 11.3 Å². The Kier molecular flexibility index (Phi) is 4.87. The average molecular weight is 334 g/mol. The van der Waals surface area contributed by atoms with Crippen molar-refractivity contribution in [2.45, 2.75) is 58.9 Å². The van der Waals surface area contributed by atoms with Crippen LogP contribution in [0, 0.1) is 5.92 Å². The summed E-state index contributed by atoms with van der Waals surface area (Å²) in [5, 5.41) is 0.851. The van der Waals surface area contributed by atoms with Crippen LogP contribution in [0.3, 0.4) is 0 Å². The Balaban J connectivity index is 1.97. The minimum atomic E-state index is 0.0489. The Labute approximate surface area is 141 Å². The number of unbranched alkanes of at least 4 members (excludes halogenated alkanes) is 1. The summed E-state index contributed by atoms with van der Waals surface area (Å²) >= 11 is 1.73. The normalized spacial score (nSPS) is 19.3. The first-order chi connectivity index (χ1) is 11.0. The molecule has 4 nitrogen and oxygen atoms in total. The first-order valence-corrected chi connectivity index (χ1v) is 9.57. The summed E-state index contributed by atoms with van der Waals surface area (Å²) in [7, 11) is 2.10. The molecular weight excluding hydrogens is 306 g/mol. The maximum Gasteiger partial charge on any atom is 0.259 e. The average Bonchev–Trinajstić information content (AvgIpc) is 2.89. The third-order valence-electron chi connectivity index (χ3n) is 5.11. The number of rotatable bonds is 5. The lowest BCUT2D eigenvalue weighted by Gasteiger charge is -2.23. The molecule has 1 N–H and O–H groups in total. The van der Waals surface area contributed by atoms with E-state index in [-0.39, 0.29) is 11.6 Å². The quantitative estimate of drug-likeness (QED) is 0.903. The number of fused-ring (bicyclic) bond motifs is 3. The van der Waals surface area contributed by atoms with Gasteiger partial charge in [-0.1, -0.05) is 20.3 Å². The van der Waals surface area contributed by atoms with Crippen LogP contribution in [0.1, 0.15) is 62.3 Å². The number of aromatic amines is 1. The minimum absolute atomic E-state index is 0.0489. The maximum absolute atomic E-state index is 12.6. The van der Waals surface area contributed by atoms with Gasteiger partial charge in [0.2, 0.25) is 0 Å². The number of aromatic nitrogens is 2. The van der Waals surface area contributed by atoms with Crippen molar-refractivity contribution in [1.82, 2.24) is 14.9 Å². The molecule has 3 rings (SSSR count). The van der Waals surface area contributed by atoms with Crippen molar-refractivity contribution in [2.75, 3.05) is 13.6 Å². The van der Waals surface area contributed by atoms with Gasteiger partial charge >= 0.3 is 0 Å². The molecule has 2 aromatic heterocycles. The molecule has 0 fully saturated rings. The third kappa shape index (κ3) is 3.22. The van der Waals surface area contributed by atoms with E-state index in [9.17, 15) is 4.79 Å². The van der Waals surface area contributed by atoms with E-state index in [0.717, 1.165) is 35.4 Å². The molecule has 126 valence electrons. The van der Waals surface area contributed by atoms with Crippen LogP contribution < -0.4 is 5.56 Å². The highest BCUT2D eigenvalue weighted by molar-refractivity contribution is 7.18. The number of hydrogen-bond acceptors (Lipinski definition) is 4. The summed E-state index contributed by atoms with van der Waals surface area (Å²) in [5.74, 6) is 1.51. The molecule has 2 aromatic rings. The van der Waals surface area contributed by atoms with Crippen LogP contribution in [0.5, 0.6) is 0 Å². The van der Waals surface area contributed by atoms with Crippen LogP contribution in [-0.2, 0) is 12.8 Å². The van der Waals surface area contributed by atoms with Crippen LogP contribution in [0.25, 0.3) is 10.2 Å². The van der Waals surface area contributed by atoms with E-state index in [1.165, 1.54) is 29.7 Å². The zero-order valence-corrected chi connectivity index (χ0v) is 15.4. The van der Waals surface area contributed by atoms with Gasteiger partial charge in [0.1, 0.15) is 10.7 Å². The number of nitrogens with zero attached hydrogens (tertiary/aromatic N) is 2. The number of aryl methyl sites for hydroxylation is 1. The van der Waals surface area contributed by atoms with Crippen LogP contribution in [-0.4, -0.2) is 28.5 Å². The lowest BCUT2D eigenvalue weighted by atomic mass is 9.89. The summed E-state index contributed by atoms with van der Waals surface area (Å²) < 4.78 is 0. The Bertz CT molecular complexity index is 749. The van der Waals surface area contributed by atoms with E-state index in [1.807, 2.05) is 0 Å². The predicted octanol–water partition coefficient (Wildman–Crippen LogP) is 3.90. The van der Waals surface area contributed by atoms with E-state index in [2.05, 4.69) is 37.7 Å². The molecular formula is C18H27N3OS. The standard InChI is InChI=1S/C18H27N3OS/c1-5-6-9-21(4)12(3)16-19-17(22)15-13-8-7-11(2)10-14(13)23-18(15)20-16/h11-12H,5-10H2,1-4H3,(H,19,20,22). The van der Waals surface area contributed by atoms with Gasteiger partial charge in [-0.3, -0.25) is 9.69 Å². The summed E-state index contributed by atoms with van der Waals surface area (Å²) in [6, 6.07) is 0.136. The van der Waals surface area contributed by atoms with Gasteiger partial charge < -0.3 is 4.98 Å². The van der Waals surface area contributed by atoms with Crippen molar-refractivity contribution in [3.63, 3.8) is 0 Å². The fourth-order valence-corrected chi connectivity index (χ4v) is 4.76. The second kappa shape index (κ2) is 6.73. The monoisotopic (exact) mass is 333 g/mol. The molecule has 2 unspecified atom stereocenters. The van der Waals surface area contributed by atoms with E-state index in [0.29, 0.717) is 5.92 Å². The molecule has 2 atom stereocenters. The van der Waals surface area contributed by atoms with Crippen molar-refractivity contribution in [2.24, 2.45) is 5.92 Å².